The summed E-state index contributed by atoms with van der Waals surface area (Å²) in [5.41, 5.74) is 3.98. The van der Waals surface area contributed by atoms with E-state index >= 15 is 0 Å². The van der Waals surface area contributed by atoms with Gasteiger partial charge in [-0.1, -0.05) is 88.7 Å². The number of halogens is 1. The van der Waals surface area contributed by atoms with E-state index in [0.29, 0.717) is 5.56 Å². The summed E-state index contributed by atoms with van der Waals surface area (Å²) in [4.78, 5) is 12.1. The highest BCUT2D eigenvalue weighted by atomic mass is 79.9. The Morgan fingerprint density at radius 1 is 0.821 bits per heavy atom. The van der Waals surface area contributed by atoms with Gasteiger partial charge in [-0.25, -0.2) is 0 Å². The Kier molecular flexibility index (Phi) is 7.62. The molecule has 0 aliphatic rings. The molecule has 0 aliphatic carbocycles. The Hall–Kier alpha value is -2.65. The maximum atomic E-state index is 12.1. The van der Waals surface area contributed by atoms with Crippen LogP contribution in [-0.2, 0) is 0 Å². The van der Waals surface area contributed by atoms with Crippen molar-refractivity contribution in [3.05, 3.63) is 96.1 Å². The molecule has 0 saturated carbocycles. The van der Waals surface area contributed by atoms with Gasteiger partial charge in [-0.2, -0.15) is 0 Å². The molecule has 0 amide bonds. The largest absolute Gasteiger partial charge is 0.494 e. The average Bonchev–Trinajstić information content (AvgIpc) is 2.76. The maximum absolute atomic E-state index is 12.1. The number of carbonyl (C=O) groups excluding carboxylic acids is 1. The lowest BCUT2D eigenvalue weighted by molar-refractivity contribution is 0.104. The van der Waals surface area contributed by atoms with Crippen LogP contribution >= 0.6 is 15.9 Å². The van der Waals surface area contributed by atoms with Crippen molar-refractivity contribution >= 4 is 27.8 Å². The summed E-state index contributed by atoms with van der Waals surface area (Å²) in [6.07, 6.45) is 5.64. The number of ketones is 1. The number of benzene rings is 3. The van der Waals surface area contributed by atoms with Crippen LogP contribution in [0.3, 0.4) is 0 Å². The monoisotopic (exact) mass is 434 g/mol. The van der Waals surface area contributed by atoms with Crippen molar-refractivity contribution in [2.45, 2.75) is 12.8 Å². The van der Waals surface area contributed by atoms with E-state index in [2.05, 4.69) is 40.2 Å². The lowest BCUT2D eigenvalue weighted by Crippen LogP contribution is -1.97. The smallest absolute Gasteiger partial charge is 0.185 e. The molecule has 142 valence electrons. The van der Waals surface area contributed by atoms with E-state index in [-0.39, 0.29) is 5.78 Å². The van der Waals surface area contributed by atoms with Crippen LogP contribution in [0.2, 0.25) is 0 Å². The summed E-state index contributed by atoms with van der Waals surface area (Å²) in [7, 11) is 0. The summed E-state index contributed by atoms with van der Waals surface area (Å²) < 4.78 is 5.75. The number of unbranched alkanes of at least 4 members (excludes halogenated alkanes) is 1. The number of hydrogen-bond donors (Lipinski definition) is 0. The van der Waals surface area contributed by atoms with Crippen molar-refractivity contribution in [1.29, 1.82) is 0 Å². The second-order valence-corrected chi connectivity index (χ2v) is 7.25. The molecule has 28 heavy (non-hydrogen) atoms. The third kappa shape index (κ3) is 5.93. The zero-order chi connectivity index (χ0) is 19.6. The van der Waals surface area contributed by atoms with Gasteiger partial charge in [0, 0.05) is 10.9 Å². The van der Waals surface area contributed by atoms with Gasteiger partial charge >= 0.3 is 0 Å². The minimum absolute atomic E-state index is 0.0106. The van der Waals surface area contributed by atoms with E-state index in [1.165, 1.54) is 0 Å². The van der Waals surface area contributed by atoms with Gasteiger partial charge < -0.3 is 4.74 Å². The molecular weight excluding hydrogens is 412 g/mol. The van der Waals surface area contributed by atoms with Crippen LogP contribution in [0, 0.1) is 0 Å². The molecule has 0 bridgehead atoms. The third-order valence-electron chi connectivity index (χ3n) is 4.38. The van der Waals surface area contributed by atoms with E-state index in [4.69, 9.17) is 4.74 Å². The molecule has 0 atom stereocenters. The van der Waals surface area contributed by atoms with E-state index < -0.39 is 0 Å². The molecule has 0 saturated heterocycles. The molecule has 3 heteroatoms. The number of carbonyl (C=O) groups is 1. The van der Waals surface area contributed by atoms with Crippen molar-refractivity contribution < 1.29 is 9.53 Å². The molecular formula is C25H23BrO2. The molecule has 3 aromatic carbocycles. The molecule has 0 fully saturated rings. The zero-order valence-electron chi connectivity index (χ0n) is 15.7. The van der Waals surface area contributed by atoms with Gasteiger partial charge in [-0.05, 0) is 47.7 Å². The summed E-state index contributed by atoms with van der Waals surface area (Å²) in [5, 5.41) is 1.01. The Morgan fingerprint density at radius 3 is 2.11 bits per heavy atom. The topological polar surface area (TPSA) is 26.3 Å². The molecule has 0 N–H and O–H groups in total. The van der Waals surface area contributed by atoms with Gasteiger partial charge in [0.1, 0.15) is 5.75 Å². The second kappa shape index (κ2) is 10.6. The van der Waals surface area contributed by atoms with E-state index in [9.17, 15) is 4.79 Å². The van der Waals surface area contributed by atoms with Gasteiger partial charge in [0.15, 0.2) is 5.78 Å². The molecule has 3 aromatic rings. The number of hydrogen-bond acceptors (Lipinski definition) is 2. The quantitative estimate of drug-likeness (QED) is 0.160. The highest BCUT2D eigenvalue weighted by Crippen LogP contribution is 2.23. The van der Waals surface area contributed by atoms with Gasteiger partial charge in [0.05, 0.1) is 6.61 Å². The Labute approximate surface area is 175 Å². The first-order chi connectivity index (χ1) is 13.8. The van der Waals surface area contributed by atoms with Gasteiger partial charge in [-0.3, -0.25) is 4.79 Å². The van der Waals surface area contributed by atoms with Crippen molar-refractivity contribution in [1.82, 2.24) is 0 Å². The molecule has 0 aliphatic heterocycles. The number of alkyl halides is 1. The minimum atomic E-state index is 0.0106. The standard InChI is InChI=1S/C25H23BrO2/c26-18-4-5-19-28-24-15-13-22(14-16-24)21-11-8-20(9-12-21)10-17-25(27)23-6-2-1-3-7-23/h1-3,6-17H,4-5,18-19H2/b17-10+. The van der Waals surface area contributed by atoms with E-state index in [1.54, 1.807) is 6.08 Å². The first-order valence-electron chi connectivity index (χ1n) is 9.43. The minimum Gasteiger partial charge on any atom is -0.494 e. The van der Waals surface area contributed by atoms with Crippen LogP contribution in [0.15, 0.2) is 84.9 Å². The normalized spacial score (nSPS) is 10.9. The molecule has 0 heterocycles. The summed E-state index contributed by atoms with van der Waals surface area (Å²) in [6, 6.07) is 25.6. The average molecular weight is 435 g/mol. The highest BCUT2D eigenvalue weighted by molar-refractivity contribution is 9.09. The molecule has 0 unspecified atom stereocenters. The van der Waals surface area contributed by atoms with Gasteiger partial charge in [0.2, 0.25) is 0 Å². The summed E-state index contributed by atoms with van der Waals surface area (Å²) >= 11 is 3.43. The van der Waals surface area contributed by atoms with Gasteiger partial charge in [0.25, 0.3) is 0 Å². The lowest BCUT2D eigenvalue weighted by Gasteiger charge is -2.07. The SMILES string of the molecule is O=C(/C=C/c1ccc(-c2ccc(OCCCCBr)cc2)cc1)c1ccccc1. The Balaban J connectivity index is 1.59. The molecule has 3 rings (SSSR count). The van der Waals surface area contributed by atoms with Crippen molar-refractivity contribution in [3.8, 4) is 16.9 Å². The van der Waals surface area contributed by atoms with Crippen LogP contribution in [0.1, 0.15) is 28.8 Å². The van der Waals surface area contributed by atoms with E-state index in [0.717, 1.165) is 47.2 Å². The zero-order valence-corrected chi connectivity index (χ0v) is 17.3. The number of rotatable bonds is 9. The van der Waals surface area contributed by atoms with Crippen LogP contribution < -0.4 is 4.74 Å². The van der Waals surface area contributed by atoms with Crippen LogP contribution in [0.5, 0.6) is 5.75 Å². The first kappa shape index (κ1) is 20.1. The van der Waals surface area contributed by atoms with Crippen LogP contribution in [-0.4, -0.2) is 17.7 Å². The predicted octanol–water partition coefficient (Wildman–Crippen LogP) is 6.80. The van der Waals surface area contributed by atoms with Gasteiger partial charge in [-0.15, -0.1) is 0 Å². The van der Waals surface area contributed by atoms with Crippen molar-refractivity contribution in [2.24, 2.45) is 0 Å². The van der Waals surface area contributed by atoms with Crippen LogP contribution in [0.25, 0.3) is 17.2 Å². The number of ether oxygens (including phenoxy) is 1. The Morgan fingerprint density at radius 2 is 1.46 bits per heavy atom. The fraction of sp³-hybridized carbons (Fsp3) is 0.160. The third-order valence-corrected chi connectivity index (χ3v) is 4.94. The fourth-order valence-corrected chi connectivity index (χ4v) is 3.18. The molecule has 0 radical (unpaired) electrons. The second-order valence-electron chi connectivity index (χ2n) is 6.45. The first-order valence-corrected chi connectivity index (χ1v) is 10.5. The molecule has 0 aromatic heterocycles. The van der Waals surface area contributed by atoms with Crippen molar-refractivity contribution in [2.75, 3.05) is 11.9 Å². The Bertz CT molecular complexity index is 898. The fourth-order valence-electron chi connectivity index (χ4n) is 2.79. The predicted molar refractivity (Wildman–Crippen MR) is 120 cm³/mol. The summed E-state index contributed by atoms with van der Waals surface area (Å²) in [5.74, 6) is 0.911. The van der Waals surface area contributed by atoms with E-state index in [1.807, 2.05) is 60.7 Å². The maximum Gasteiger partial charge on any atom is 0.185 e. The van der Waals surface area contributed by atoms with Crippen molar-refractivity contribution in [3.63, 3.8) is 0 Å². The molecule has 2 nitrogen and oxygen atoms in total. The summed E-state index contributed by atoms with van der Waals surface area (Å²) in [6.45, 7) is 0.744. The molecule has 0 spiro atoms. The highest BCUT2D eigenvalue weighted by Gasteiger charge is 2.01. The van der Waals surface area contributed by atoms with Crippen LogP contribution in [0.4, 0.5) is 0 Å². The lowest BCUT2D eigenvalue weighted by atomic mass is 10.0. The number of allylic oxidation sites excluding steroid dienone is 1.